The fraction of sp³-hybridized carbons (Fsp3) is 0.125. The van der Waals surface area contributed by atoms with Crippen molar-refractivity contribution in [2.45, 2.75) is 6.42 Å². The summed E-state index contributed by atoms with van der Waals surface area (Å²) in [4.78, 5) is 9.88. The molecule has 1 aromatic carbocycles. The van der Waals surface area contributed by atoms with Crippen LogP contribution in [0.25, 0.3) is 0 Å². The molecule has 0 aliphatic rings. The van der Waals surface area contributed by atoms with E-state index in [2.05, 4.69) is 0 Å². The second-order valence-electron chi connectivity index (χ2n) is 2.49. The van der Waals surface area contributed by atoms with Crippen LogP contribution in [0, 0.1) is 21.4 Å². The summed E-state index contributed by atoms with van der Waals surface area (Å²) in [6, 6.07) is 3.99. The van der Waals surface area contributed by atoms with Crippen molar-refractivity contribution >= 4 is 17.3 Å². The molecule has 0 fully saturated rings. The number of benzene rings is 1. The molecule has 0 aliphatic heterocycles. The SMILES string of the molecule is N#CCc1c([N+](=O)[O-])ccc(O)c1Cl. The van der Waals surface area contributed by atoms with Gasteiger partial charge in [-0.05, 0) is 6.07 Å². The first kappa shape index (κ1) is 10.3. The number of halogens is 1. The lowest BCUT2D eigenvalue weighted by molar-refractivity contribution is -0.385. The van der Waals surface area contributed by atoms with Crippen LogP contribution in [0.15, 0.2) is 12.1 Å². The third-order valence-electron chi connectivity index (χ3n) is 1.65. The van der Waals surface area contributed by atoms with Crippen LogP contribution in [0.5, 0.6) is 5.75 Å². The van der Waals surface area contributed by atoms with Crippen molar-refractivity contribution < 1.29 is 10.0 Å². The lowest BCUT2D eigenvalue weighted by Crippen LogP contribution is -1.95. The Bertz CT molecular complexity index is 425. The number of nitriles is 1. The van der Waals surface area contributed by atoms with Crippen LogP contribution < -0.4 is 0 Å². The van der Waals surface area contributed by atoms with E-state index in [1.807, 2.05) is 0 Å². The molecule has 72 valence electrons. The van der Waals surface area contributed by atoms with Crippen molar-refractivity contribution in [3.8, 4) is 11.8 Å². The van der Waals surface area contributed by atoms with Crippen molar-refractivity contribution in [1.29, 1.82) is 5.26 Å². The summed E-state index contributed by atoms with van der Waals surface area (Å²) in [5.74, 6) is -0.262. The minimum Gasteiger partial charge on any atom is -0.506 e. The number of nitrogens with zero attached hydrogens (tertiary/aromatic N) is 2. The Morgan fingerprint density at radius 2 is 2.29 bits per heavy atom. The summed E-state index contributed by atoms with van der Waals surface area (Å²) in [7, 11) is 0. The molecule has 0 radical (unpaired) electrons. The monoisotopic (exact) mass is 212 g/mol. The van der Waals surface area contributed by atoms with Gasteiger partial charge in [-0.25, -0.2) is 0 Å². The Balaban J connectivity index is 3.39. The Morgan fingerprint density at radius 3 is 2.79 bits per heavy atom. The number of aromatic hydroxyl groups is 1. The molecular weight excluding hydrogens is 208 g/mol. The van der Waals surface area contributed by atoms with Gasteiger partial charge in [0.25, 0.3) is 5.69 Å². The zero-order valence-electron chi connectivity index (χ0n) is 6.90. The summed E-state index contributed by atoms with van der Waals surface area (Å²) in [5.41, 5.74) is -0.214. The molecule has 1 aromatic rings. The van der Waals surface area contributed by atoms with Gasteiger partial charge in [0.1, 0.15) is 5.75 Å². The number of rotatable bonds is 2. The normalized spacial score (nSPS) is 9.43. The Kier molecular flexibility index (Phi) is 2.89. The molecular formula is C8H5ClN2O3. The van der Waals surface area contributed by atoms with E-state index in [0.29, 0.717) is 0 Å². The van der Waals surface area contributed by atoms with E-state index in [1.54, 1.807) is 6.07 Å². The number of hydrogen-bond donors (Lipinski definition) is 1. The van der Waals surface area contributed by atoms with E-state index in [9.17, 15) is 10.1 Å². The third kappa shape index (κ3) is 1.75. The van der Waals surface area contributed by atoms with Crippen molar-refractivity contribution in [2.24, 2.45) is 0 Å². The number of hydrogen-bond acceptors (Lipinski definition) is 4. The summed E-state index contributed by atoms with van der Waals surface area (Å²) >= 11 is 5.62. The molecule has 0 amide bonds. The smallest absolute Gasteiger partial charge is 0.275 e. The number of nitro groups is 1. The van der Waals surface area contributed by atoms with E-state index < -0.39 is 4.92 Å². The third-order valence-corrected chi connectivity index (χ3v) is 2.07. The number of phenolic OH excluding ortho intramolecular Hbond substituents is 1. The zero-order chi connectivity index (χ0) is 10.7. The first-order valence-electron chi connectivity index (χ1n) is 3.59. The molecule has 0 aliphatic carbocycles. The standard InChI is InChI=1S/C8H5ClN2O3/c9-8-5(3-4-10)6(11(13)14)1-2-7(8)12/h1-2,12H,3H2. The molecule has 1 rings (SSSR count). The molecule has 0 aromatic heterocycles. The molecule has 6 heteroatoms. The average Bonchev–Trinajstić information content (AvgIpc) is 2.13. The second kappa shape index (κ2) is 3.94. The predicted molar refractivity (Wildman–Crippen MR) is 49.1 cm³/mol. The maximum atomic E-state index is 10.5. The van der Waals surface area contributed by atoms with E-state index in [4.69, 9.17) is 22.0 Å². The summed E-state index contributed by atoms with van der Waals surface area (Å²) in [6.07, 6.45) is -0.205. The lowest BCUT2D eigenvalue weighted by atomic mass is 10.1. The molecule has 0 saturated heterocycles. The van der Waals surface area contributed by atoms with Crippen LogP contribution in [0.2, 0.25) is 5.02 Å². The van der Waals surface area contributed by atoms with Crippen LogP contribution in [0.4, 0.5) is 5.69 Å². The van der Waals surface area contributed by atoms with Crippen molar-refractivity contribution in [1.82, 2.24) is 0 Å². The quantitative estimate of drug-likeness (QED) is 0.600. The minimum atomic E-state index is -0.641. The van der Waals surface area contributed by atoms with Crippen molar-refractivity contribution in [3.63, 3.8) is 0 Å². The molecule has 0 heterocycles. The maximum Gasteiger partial charge on any atom is 0.275 e. The van der Waals surface area contributed by atoms with E-state index in [0.717, 1.165) is 12.1 Å². The van der Waals surface area contributed by atoms with Gasteiger partial charge in [0.15, 0.2) is 0 Å². The molecule has 14 heavy (non-hydrogen) atoms. The highest BCUT2D eigenvalue weighted by molar-refractivity contribution is 6.33. The van der Waals surface area contributed by atoms with Crippen LogP contribution in [-0.4, -0.2) is 10.0 Å². The van der Waals surface area contributed by atoms with Crippen LogP contribution in [0.1, 0.15) is 5.56 Å². The van der Waals surface area contributed by atoms with Crippen LogP contribution in [0.3, 0.4) is 0 Å². The maximum absolute atomic E-state index is 10.5. The summed E-state index contributed by atoms with van der Waals surface area (Å²) in [5, 5.41) is 28.0. The molecule has 1 N–H and O–H groups in total. The number of nitro benzene ring substituents is 1. The zero-order valence-corrected chi connectivity index (χ0v) is 7.65. The lowest BCUT2D eigenvalue weighted by Gasteiger charge is -2.02. The highest BCUT2D eigenvalue weighted by atomic mass is 35.5. The first-order valence-corrected chi connectivity index (χ1v) is 3.97. The van der Waals surface area contributed by atoms with Gasteiger partial charge in [0, 0.05) is 6.07 Å². The number of phenols is 1. The predicted octanol–water partition coefficient (Wildman–Crippen LogP) is 2.02. The van der Waals surface area contributed by atoms with Crippen molar-refractivity contribution in [2.75, 3.05) is 0 Å². The summed E-state index contributed by atoms with van der Waals surface area (Å²) in [6.45, 7) is 0. The van der Waals surface area contributed by atoms with Gasteiger partial charge in [0.05, 0.1) is 28.0 Å². The van der Waals surface area contributed by atoms with Crippen LogP contribution in [-0.2, 0) is 6.42 Å². The molecule has 0 bridgehead atoms. The highest BCUT2D eigenvalue weighted by Gasteiger charge is 2.18. The Morgan fingerprint density at radius 1 is 1.64 bits per heavy atom. The summed E-state index contributed by atoms with van der Waals surface area (Å²) < 4.78 is 0. The van der Waals surface area contributed by atoms with Gasteiger partial charge in [-0.2, -0.15) is 5.26 Å². The minimum absolute atomic E-state index is 0.0409. The van der Waals surface area contributed by atoms with Gasteiger partial charge in [-0.15, -0.1) is 0 Å². The molecule has 0 saturated carbocycles. The van der Waals surface area contributed by atoms with E-state index in [1.165, 1.54) is 0 Å². The van der Waals surface area contributed by atoms with Crippen molar-refractivity contribution in [3.05, 3.63) is 32.8 Å². The van der Waals surface area contributed by atoms with Gasteiger partial charge in [-0.1, -0.05) is 11.6 Å². The van der Waals surface area contributed by atoms with E-state index in [-0.39, 0.29) is 28.4 Å². The highest BCUT2D eigenvalue weighted by Crippen LogP contribution is 2.33. The molecule has 5 nitrogen and oxygen atoms in total. The van der Waals surface area contributed by atoms with Gasteiger partial charge in [0.2, 0.25) is 0 Å². The van der Waals surface area contributed by atoms with Gasteiger partial charge >= 0.3 is 0 Å². The van der Waals surface area contributed by atoms with Gasteiger partial charge in [-0.3, -0.25) is 10.1 Å². The Hall–Kier alpha value is -1.80. The molecule has 0 atom stereocenters. The molecule has 0 spiro atoms. The first-order chi connectivity index (χ1) is 6.57. The van der Waals surface area contributed by atoms with Gasteiger partial charge < -0.3 is 5.11 Å². The fourth-order valence-electron chi connectivity index (χ4n) is 1.02. The topological polar surface area (TPSA) is 87.2 Å². The van der Waals surface area contributed by atoms with E-state index >= 15 is 0 Å². The van der Waals surface area contributed by atoms with Crippen LogP contribution >= 0.6 is 11.6 Å². The Labute approximate surface area is 84.3 Å². The second-order valence-corrected chi connectivity index (χ2v) is 2.87. The average molecular weight is 213 g/mol. The fourth-order valence-corrected chi connectivity index (χ4v) is 1.24. The largest absolute Gasteiger partial charge is 0.506 e. The molecule has 0 unspecified atom stereocenters.